The molecular weight excluding hydrogens is 773 g/mol. The van der Waals surface area contributed by atoms with Crippen molar-refractivity contribution in [3.05, 3.63) is 47.6 Å². The molecule has 0 saturated heterocycles. The van der Waals surface area contributed by atoms with Gasteiger partial charge in [0, 0.05) is 24.7 Å². The van der Waals surface area contributed by atoms with Crippen molar-refractivity contribution < 1.29 is 49.0 Å². The first-order valence-electron chi connectivity index (χ1n) is 23.9. The molecule has 10 nitrogen and oxygen atoms in total. The lowest BCUT2D eigenvalue weighted by Crippen LogP contribution is -2.27. The SMILES string of the molecule is CCCCC[C@@H](/C=C/[C@@H]1[C@H]2CC(CCCCC(=O)O)=C[C@H]2C[C@H]1O)OC(=O)OC(C)(C)C.CCCCC[C@H](O)/C=C/[C@@H]1[C@H]2CC(CCCCC(=O)OC(C)(C)C)=C[C@H]2C[C@H]1O. The van der Waals surface area contributed by atoms with Gasteiger partial charge in [0.2, 0.25) is 0 Å². The highest BCUT2D eigenvalue weighted by Crippen LogP contribution is 2.49. The van der Waals surface area contributed by atoms with E-state index < -0.39 is 29.4 Å². The molecule has 0 aliphatic heterocycles. The number of aliphatic carboxylic acids is 1. The average Bonchev–Trinajstić information content (AvgIpc) is 3.88. The van der Waals surface area contributed by atoms with Crippen LogP contribution in [0, 0.1) is 35.5 Å². The molecule has 10 heteroatoms. The van der Waals surface area contributed by atoms with Crippen LogP contribution < -0.4 is 0 Å². The van der Waals surface area contributed by atoms with Crippen LogP contribution in [-0.2, 0) is 23.8 Å². The minimum Gasteiger partial charge on any atom is -0.481 e. The Hall–Kier alpha value is -2.95. The molecule has 0 heterocycles. The van der Waals surface area contributed by atoms with Crippen LogP contribution in [0.1, 0.15) is 184 Å². The number of rotatable bonds is 23. The number of carbonyl (C=O) groups is 3. The van der Waals surface area contributed by atoms with E-state index in [1.54, 1.807) is 0 Å². The number of unbranched alkanes of at least 4 members (excludes halogenated alkanes) is 6. The van der Waals surface area contributed by atoms with E-state index in [1.165, 1.54) is 11.1 Å². The van der Waals surface area contributed by atoms with Crippen LogP contribution in [0.3, 0.4) is 0 Å². The largest absolute Gasteiger partial charge is 0.509 e. The highest BCUT2D eigenvalue weighted by atomic mass is 16.7. The highest BCUT2D eigenvalue weighted by molar-refractivity contribution is 5.69. The molecule has 0 aromatic heterocycles. The zero-order chi connectivity index (χ0) is 45.2. The smallest absolute Gasteiger partial charge is 0.481 e. The summed E-state index contributed by atoms with van der Waals surface area (Å²) in [5, 5.41) is 40.1. The lowest BCUT2D eigenvalue weighted by atomic mass is 9.88. The van der Waals surface area contributed by atoms with Crippen molar-refractivity contribution in [2.24, 2.45) is 35.5 Å². The number of carbonyl (C=O) groups excluding carboxylic acids is 2. The van der Waals surface area contributed by atoms with Crippen molar-refractivity contribution in [1.82, 2.24) is 0 Å². The van der Waals surface area contributed by atoms with E-state index in [9.17, 15) is 29.7 Å². The summed E-state index contributed by atoms with van der Waals surface area (Å²) in [6.45, 7) is 15.5. The number of carboxylic acids is 1. The Balaban J connectivity index is 0.000000327. The van der Waals surface area contributed by atoms with Gasteiger partial charge in [0.05, 0.1) is 18.3 Å². The number of carboxylic acid groups (broad SMARTS) is 1. The van der Waals surface area contributed by atoms with Gasteiger partial charge in [-0.2, -0.15) is 0 Å². The molecular formula is C51H84O10. The molecule has 0 bridgehead atoms. The topological polar surface area (TPSA) is 160 Å². The zero-order valence-electron chi connectivity index (χ0n) is 39.1. The van der Waals surface area contributed by atoms with Crippen molar-refractivity contribution >= 4 is 18.1 Å². The molecule has 4 aliphatic carbocycles. The van der Waals surface area contributed by atoms with E-state index in [4.69, 9.17) is 19.3 Å². The molecule has 0 radical (unpaired) electrons. The van der Waals surface area contributed by atoms with Gasteiger partial charge in [-0.1, -0.05) is 87.5 Å². The monoisotopic (exact) mass is 857 g/mol. The lowest BCUT2D eigenvalue weighted by Gasteiger charge is -2.22. The Morgan fingerprint density at radius 3 is 1.67 bits per heavy atom. The predicted octanol–water partition coefficient (Wildman–Crippen LogP) is 11.4. The standard InChI is InChI=1S/C26H42O6.C25H42O4/c1-5-6-7-11-20(31-25(30)32-26(2,3)4)13-14-21-22-16-18(10-8-9-12-24(28)29)15-19(22)17-23(21)27;1-5-6-7-11-20(26)13-14-21-22-16-18(15-19(22)17-23(21)27)10-8-9-12-24(28)29-25(2,3)4/h13-15,19-23,27H,5-12,16-17H2,1-4H3,(H,28,29);13-15,19-23,26-27H,5-12,16-17H2,1-4H3/b2*14-13+/t2*19-,20-,21+,22-,23+/m00/s1. The minimum atomic E-state index is -0.738. The molecule has 61 heavy (non-hydrogen) atoms. The van der Waals surface area contributed by atoms with E-state index in [-0.39, 0.29) is 42.5 Å². The van der Waals surface area contributed by atoms with E-state index >= 15 is 0 Å². The number of hydrogen-bond donors (Lipinski definition) is 4. The van der Waals surface area contributed by atoms with Crippen LogP contribution in [0.2, 0.25) is 0 Å². The fourth-order valence-corrected chi connectivity index (χ4v) is 9.62. The van der Waals surface area contributed by atoms with Crippen LogP contribution >= 0.6 is 0 Å². The Morgan fingerprint density at radius 2 is 1.18 bits per heavy atom. The second-order valence-electron chi connectivity index (χ2n) is 20.3. The van der Waals surface area contributed by atoms with Crippen molar-refractivity contribution in [2.45, 2.75) is 219 Å². The molecule has 0 amide bonds. The molecule has 4 N–H and O–H groups in total. The maximum absolute atomic E-state index is 12.2. The van der Waals surface area contributed by atoms with Crippen molar-refractivity contribution in [3.8, 4) is 0 Å². The van der Waals surface area contributed by atoms with Gasteiger partial charge in [0.15, 0.2) is 0 Å². The van der Waals surface area contributed by atoms with Crippen LogP contribution in [0.25, 0.3) is 0 Å². The van der Waals surface area contributed by atoms with Crippen LogP contribution in [-0.4, -0.2) is 74.1 Å². The summed E-state index contributed by atoms with van der Waals surface area (Å²) in [7, 11) is 0. The summed E-state index contributed by atoms with van der Waals surface area (Å²) in [6.07, 6.45) is 28.3. The first-order chi connectivity index (χ1) is 28.8. The number of fused-ring (bicyclic) bond motifs is 2. The molecule has 348 valence electrons. The van der Waals surface area contributed by atoms with Crippen molar-refractivity contribution in [1.29, 1.82) is 0 Å². The Kier molecular flexibility index (Phi) is 22.3. The number of aliphatic hydroxyl groups is 3. The number of esters is 1. The molecule has 2 saturated carbocycles. The number of aliphatic hydroxyl groups excluding tert-OH is 3. The first-order valence-corrected chi connectivity index (χ1v) is 23.9. The Bertz CT molecular complexity index is 1460. The van der Waals surface area contributed by atoms with Crippen LogP contribution in [0.5, 0.6) is 0 Å². The van der Waals surface area contributed by atoms with Gasteiger partial charge in [-0.05, 0) is 155 Å². The van der Waals surface area contributed by atoms with Gasteiger partial charge < -0.3 is 34.6 Å². The molecule has 2 fully saturated rings. The Labute approximate surface area is 368 Å². The quantitative estimate of drug-likeness (QED) is 0.0442. The molecule has 4 aliphatic rings. The van der Waals surface area contributed by atoms with Gasteiger partial charge in [-0.3, -0.25) is 9.59 Å². The summed E-state index contributed by atoms with van der Waals surface area (Å²) in [5.74, 6) is 1.01. The maximum Gasteiger partial charge on any atom is 0.509 e. The fraction of sp³-hybridized carbons (Fsp3) is 0.784. The van der Waals surface area contributed by atoms with Gasteiger partial charge in [-0.25, -0.2) is 4.79 Å². The molecule has 4 rings (SSSR count). The predicted molar refractivity (Wildman–Crippen MR) is 242 cm³/mol. The third-order valence-corrected chi connectivity index (χ3v) is 12.5. The third kappa shape index (κ3) is 20.0. The van der Waals surface area contributed by atoms with Crippen LogP contribution in [0.4, 0.5) is 4.79 Å². The number of ether oxygens (including phenoxy) is 3. The second-order valence-corrected chi connectivity index (χ2v) is 20.3. The third-order valence-electron chi connectivity index (χ3n) is 12.5. The highest BCUT2D eigenvalue weighted by Gasteiger charge is 2.44. The summed E-state index contributed by atoms with van der Waals surface area (Å²) in [4.78, 5) is 34.7. The van der Waals surface area contributed by atoms with E-state index in [1.807, 2.05) is 53.7 Å². The normalized spacial score (nSPS) is 26.9. The molecule has 0 unspecified atom stereocenters. The maximum atomic E-state index is 12.2. The summed E-state index contributed by atoms with van der Waals surface area (Å²) in [5.41, 5.74) is 1.85. The molecule has 0 spiro atoms. The van der Waals surface area contributed by atoms with E-state index in [2.05, 4.69) is 38.2 Å². The minimum absolute atomic E-state index is 0.0451. The van der Waals surface area contributed by atoms with Crippen molar-refractivity contribution in [3.63, 3.8) is 0 Å². The van der Waals surface area contributed by atoms with E-state index in [0.717, 1.165) is 109 Å². The van der Waals surface area contributed by atoms with Crippen molar-refractivity contribution in [2.75, 3.05) is 0 Å². The van der Waals surface area contributed by atoms with Gasteiger partial charge >= 0.3 is 18.1 Å². The summed E-state index contributed by atoms with van der Waals surface area (Å²) < 4.78 is 16.3. The fourth-order valence-electron chi connectivity index (χ4n) is 9.62. The number of allylic oxidation sites excluding steroid dienone is 4. The lowest BCUT2D eigenvalue weighted by molar-refractivity contribution is -0.155. The number of hydrogen-bond acceptors (Lipinski definition) is 9. The van der Waals surface area contributed by atoms with E-state index in [0.29, 0.717) is 36.5 Å². The Morgan fingerprint density at radius 1 is 0.689 bits per heavy atom. The molecule has 10 atom stereocenters. The average molecular weight is 857 g/mol. The second kappa shape index (κ2) is 26.0. The molecule has 0 aromatic rings. The first kappa shape index (κ1) is 52.4. The molecule has 0 aromatic carbocycles. The van der Waals surface area contributed by atoms with Gasteiger partial charge in [0.1, 0.15) is 17.3 Å². The summed E-state index contributed by atoms with van der Waals surface area (Å²) in [6, 6.07) is 0. The zero-order valence-corrected chi connectivity index (χ0v) is 39.1. The van der Waals surface area contributed by atoms with Gasteiger partial charge in [0.25, 0.3) is 0 Å². The van der Waals surface area contributed by atoms with Gasteiger partial charge in [-0.15, -0.1) is 0 Å². The summed E-state index contributed by atoms with van der Waals surface area (Å²) >= 11 is 0. The van der Waals surface area contributed by atoms with Crippen LogP contribution in [0.15, 0.2) is 47.6 Å².